The van der Waals surface area contributed by atoms with Crippen LogP contribution in [0.5, 0.6) is 0 Å². The van der Waals surface area contributed by atoms with Crippen LogP contribution in [0.2, 0.25) is 0 Å². The van der Waals surface area contributed by atoms with Crippen molar-refractivity contribution in [1.29, 1.82) is 0 Å². The van der Waals surface area contributed by atoms with Gasteiger partial charge in [0.05, 0.1) is 5.69 Å². The van der Waals surface area contributed by atoms with E-state index in [1.807, 2.05) is 13.8 Å². The maximum Gasteiger partial charge on any atom is 0.122 e. The van der Waals surface area contributed by atoms with E-state index in [1.54, 1.807) is 11.3 Å². The van der Waals surface area contributed by atoms with Crippen LogP contribution in [0.4, 0.5) is 0 Å². The number of aromatic nitrogens is 1. The van der Waals surface area contributed by atoms with E-state index < -0.39 is 0 Å². The normalized spacial score (nSPS) is 13.7. The van der Waals surface area contributed by atoms with Crippen molar-refractivity contribution in [2.24, 2.45) is 5.92 Å². The Morgan fingerprint density at radius 3 is 2.38 bits per heavy atom. The van der Waals surface area contributed by atoms with Crippen LogP contribution in [-0.2, 0) is 0 Å². The molecule has 0 radical (unpaired) electrons. The molecule has 2 nitrogen and oxygen atoms in total. The summed E-state index contributed by atoms with van der Waals surface area (Å²) in [5.74, 6) is 0.513. The molecule has 0 aliphatic rings. The number of hydrogen-bond acceptors (Lipinski definition) is 3. The predicted octanol–water partition coefficient (Wildman–Crippen LogP) is 2.84. The summed E-state index contributed by atoms with van der Waals surface area (Å²) in [5.41, 5.74) is 1.04. The van der Waals surface area contributed by atoms with Crippen molar-refractivity contribution >= 4 is 11.3 Å². The summed E-state index contributed by atoms with van der Waals surface area (Å²) in [7, 11) is 0. The summed E-state index contributed by atoms with van der Waals surface area (Å²) in [5, 5.41) is 10.6. The molecule has 1 N–H and O–H groups in total. The van der Waals surface area contributed by atoms with E-state index in [1.165, 1.54) is 4.88 Å². The van der Waals surface area contributed by atoms with Gasteiger partial charge in [-0.05, 0) is 26.2 Å². The first kappa shape index (κ1) is 10.7. The van der Waals surface area contributed by atoms with Gasteiger partial charge in [0.25, 0.3) is 0 Å². The first-order valence-electron chi connectivity index (χ1n) is 4.62. The molecular formula is C10H17NOS. The maximum atomic E-state index is 9.78. The highest BCUT2D eigenvalue weighted by atomic mass is 32.1. The zero-order chi connectivity index (χ0) is 10.0. The molecule has 1 atom stereocenters. The van der Waals surface area contributed by atoms with Gasteiger partial charge in [-0.25, -0.2) is 4.98 Å². The molecule has 3 heteroatoms. The van der Waals surface area contributed by atoms with E-state index in [4.69, 9.17) is 0 Å². The van der Waals surface area contributed by atoms with Gasteiger partial charge in [-0.3, -0.25) is 0 Å². The summed E-state index contributed by atoms with van der Waals surface area (Å²) < 4.78 is 0. The van der Waals surface area contributed by atoms with Crippen LogP contribution in [0.3, 0.4) is 0 Å². The number of rotatable bonds is 3. The molecule has 1 rings (SSSR count). The van der Waals surface area contributed by atoms with E-state index in [0.717, 1.165) is 17.1 Å². The molecule has 0 spiro atoms. The second-order valence-electron chi connectivity index (χ2n) is 3.84. The number of nitrogens with zero attached hydrogens (tertiary/aromatic N) is 1. The number of aryl methyl sites for hydroxylation is 2. The van der Waals surface area contributed by atoms with Crippen LogP contribution in [0.1, 0.15) is 42.0 Å². The number of aliphatic hydroxyl groups is 1. The Hall–Kier alpha value is -0.410. The molecule has 0 amide bonds. The average molecular weight is 199 g/mol. The van der Waals surface area contributed by atoms with Crippen LogP contribution in [-0.4, -0.2) is 10.1 Å². The van der Waals surface area contributed by atoms with E-state index >= 15 is 0 Å². The van der Waals surface area contributed by atoms with Gasteiger partial charge in [-0.15, -0.1) is 11.3 Å². The maximum absolute atomic E-state index is 9.78. The highest BCUT2D eigenvalue weighted by Gasteiger charge is 2.14. The molecule has 0 bridgehead atoms. The van der Waals surface area contributed by atoms with Gasteiger partial charge in [0, 0.05) is 4.88 Å². The molecule has 1 aromatic rings. The zero-order valence-corrected chi connectivity index (χ0v) is 9.48. The summed E-state index contributed by atoms with van der Waals surface area (Å²) in [6, 6.07) is 0. The SMILES string of the molecule is Cc1nc(C(O)CC(C)C)sc1C. The largest absolute Gasteiger partial charge is 0.386 e. The molecule has 13 heavy (non-hydrogen) atoms. The number of aliphatic hydroxyl groups excluding tert-OH is 1. The molecule has 74 valence electrons. The van der Waals surface area contributed by atoms with Crippen molar-refractivity contribution in [2.75, 3.05) is 0 Å². The van der Waals surface area contributed by atoms with Crippen LogP contribution in [0.15, 0.2) is 0 Å². The Morgan fingerprint density at radius 2 is 2.00 bits per heavy atom. The Morgan fingerprint density at radius 1 is 1.38 bits per heavy atom. The minimum Gasteiger partial charge on any atom is -0.386 e. The Balaban J connectivity index is 2.71. The Labute approximate surface area is 83.6 Å². The summed E-state index contributed by atoms with van der Waals surface area (Å²) in [4.78, 5) is 5.54. The van der Waals surface area contributed by atoms with E-state index in [-0.39, 0.29) is 6.10 Å². The van der Waals surface area contributed by atoms with Gasteiger partial charge in [-0.2, -0.15) is 0 Å². The van der Waals surface area contributed by atoms with Gasteiger partial charge < -0.3 is 5.11 Å². The standard InChI is InChI=1S/C10H17NOS/c1-6(2)5-9(12)10-11-7(3)8(4)13-10/h6,9,12H,5H2,1-4H3. The molecular weight excluding hydrogens is 182 g/mol. The first-order valence-corrected chi connectivity index (χ1v) is 5.44. The van der Waals surface area contributed by atoms with Crippen molar-refractivity contribution in [3.63, 3.8) is 0 Å². The molecule has 1 aromatic heterocycles. The van der Waals surface area contributed by atoms with Crippen LogP contribution in [0.25, 0.3) is 0 Å². The molecule has 1 unspecified atom stereocenters. The van der Waals surface area contributed by atoms with E-state index in [2.05, 4.69) is 18.8 Å². The molecule has 0 saturated heterocycles. The minimum absolute atomic E-state index is 0.377. The quantitative estimate of drug-likeness (QED) is 0.812. The minimum atomic E-state index is -0.377. The molecule has 1 heterocycles. The lowest BCUT2D eigenvalue weighted by atomic mass is 10.1. The van der Waals surface area contributed by atoms with Crippen molar-refractivity contribution in [3.05, 3.63) is 15.6 Å². The fraction of sp³-hybridized carbons (Fsp3) is 0.700. The van der Waals surface area contributed by atoms with Crippen LogP contribution >= 0.6 is 11.3 Å². The molecule has 0 aliphatic carbocycles. The fourth-order valence-electron chi connectivity index (χ4n) is 1.19. The molecule has 0 aliphatic heterocycles. The summed E-state index contributed by atoms with van der Waals surface area (Å²) >= 11 is 1.60. The second kappa shape index (κ2) is 4.20. The zero-order valence-electron chi connectivity index (χ0n) is 8.66. The van der Waals surface area contributed by atoms with Gasteiger partial charge >= 0.3 is 0 Å². The molecule has 0 aromatic carbocycles. The van der Waals surface area contributed by atoms with Crippen LogP contribution < -0.4 is 0 Å². The van der Waals surface area contributed by atoms with Gasteiger partial charge in [0.2, 0.25) is 0 Å². The molecule has 0 saturated carbocycles. The van der Waals surface area contributed by atoms with Crippen molar-refractivity contribution in [2.45, 2.75) is 40.2 Å². The number of thiazole rings is 1. The highest BCUT2D eigenvalue weighted by Crippen LogP contribution is 2.26. The van der Waals surface area contributed by atoms with Crippen molar-refractivity contribution in [1.82, 2.24) is 4.98 Å². The fourth-order valence-corrected chi connectivity index (χ4v) is 2.11. The van der Waals surface area contributed by atoms with E-state index in [0.29, 0.717) is 5.92 Å². The average Bonchev–Trinajstić information content (AvgIpc) is 2.31. The lowest BCUT2D eigenvalue weighted by molar-refractivity contribution is 0.150. The number of hydrogen-bond donors (Lipinski definition) is 1. The predicted molar refractivity (Wildman–Crippen MR) is 56.0 cm³/mol. The Bertz CT molecular complexity index is 261. The summed E-state index contributed by atoms with van der Waals surface area (Å²) in [6.45, 7) is 8.24. The topological polar surface area (TPSA) is 33.1 Å². The first-order chi connectivity index (χ1) is 6.00. The van der Waals surface area contributed by atoms with Gasteiger partial charge in [0.1, 0.15) is 11.1 Å². The van der Waals surface area contributed by atoms with Crippen LogP contribution in [0, 0.1) is 19.8 Å². The highest BCUT2D eigenvalue weighted by molar-refractivity contribution is 7.11. The lowest BCUT2D eigenvalue weighted by Gasteiger charge is -2.09. The Kier molecular flexibility index (Phi) is 3.45. The third-order valence-electron chi connectivity index (χ3n) is 2.02. The van der Waals surface area contributed by atoms with Gasteiger partial charge in [-0.1, -0.05) is 13.8 Å². The van der Waals surface area contributed by atoms with Gasteiger partial charge in [0.15, 0.2) is 0 Å². The van der Waals surface area contributed by atoms with E-state index in [9.17, 15) is 5.11 Å². The molecule has 0 fully saturated rings. The third kappa shape index (κ3) is 2.78. The smallest absolute Gasteiger partial charge is 0.122 e. The van der Waals surface area contributed by atoms with Crippen molar-refractivity contribution < 1.29 is 5.11 Å². The third-order valence-corrected chi connectivity index (χ3v) is 3.20. The van der Waals surface area contributed by atoms with Crippen molar-refractivity contribution in [3.8, 4) is 0 Å². The summed E-state index contributed by atoms with van der Waals surface area (Å²) in [6.07, 6.45) is 0.421. The monoisotopic (exact) mass is 199 g/mol. The lowest BCUT2D eigenvalue weighted by Crippen LogP contribution is -2.01. The second-order valence-corrected chi connectivity index (χ2v) is 5.07.